The number of nitrogens with zero attached hydrogens (tertiary/aromatic N) is 1. The summed E-state index contributed by atoms with van der Waals surface area (Å²) in [6.07, 6.45) is -0.00466. The van der Waals surface area contributed by atoms with Gasteiger partial charge in [-0.05, 0) is 49.2 Å². The van der Waals surface area contributed by atoms with Crippen LogP contribution < -0.4 is 15.4 Å². The van der Waals surface area contributed by atoms with Gasteiger partial charge in [0.2, 0.25) is 5.91 Å². The Labute approximate surface area is 180 Å². The number of aryl methyl sites for hydroxylation is 2. The van der Waals surface area contributed by atoms with Crippen molar-refractivity contribution in [2.24, 2.45) is 0 Å². The molecule has 0 unspecified atom stereocenters. The Morgan fingerprint density at radius 2 is 1.48 bits per heavy atom. The molecule has 4 amide bonds. The van der Waals surface area contributed by atoms with Crippen molar-refractivity contribution in [1.82, 2.24) is 15.5 Å². The van der Waals surface area contributed by atoms with Crippen molar-refractivity contribution in [2.75, 3.05) is 26.2 Å². The van der Waals surface area contributed by atoms with Gasteiger partial charge in [-0.15, -0.1) is 0 Å². The van der Waals surface area contributed by atoms with Crippen LogP contribution in [0.2, 0.25) is 0 Å². The summed E-state index contributed by atoms with van der Waals surface area (Å²) in [4.78, 5) is 49.5. The Morgan fingerprint density at radius 1 is 0.871 bits per heavy atom. The van der Waals surface area contributed by atoms with Crippen LogP contribution >= 0.6 is 0 Å². The molecule has 1 aliphatic heterocycles. The summed E-state index contributed by atoms with van der Waals surface area (Å²) in [5, 5.41) is 5.32. The summed E-state index contributed by atoms with van der Waals surface area (Å²) in [6, 6.07) is 12.2. The SMILES string of the molecule is Cc1ccc(OCC(=O)NCCNC(=O)CCN2C(=O)c3ccccc3C2=O)cc1C. The molecule has 1 aliphatic rings. The summed E-state index contributed by atoms with van der Waals surface area (Å²) in [7, 11) is 0. The maximum Gasteiger partial charge on any atom is 0.261 e. The normalized spacial score (nSPS) is 12.5. The molecule has 2 N–H and O–H groups in total. The van der Waals surface area contributed by atoms with Crippen LogP contribution in [-0.2, 0) is 9.59 Å². The Morgan fingerprint density at radius 3 is 2.10 bits per heavy atom. The Balaban J connectivity index is 1.32. The molecule has 0 aromatic heterocycles. The van der Waals surface area contributed by atoms with Gasteiger partial charge in [-0.2, -0.15) is 0 Å². The molecule has 0 radical (unpaired) electrons. The molecule has 0 spiro atoms. The lowest BCUT2D eigenvalue weighted by Crippen LogP contribution is -2.38. The topological polar surface area (TPSA) is 105 Å². The second-order valence-electron chi connectivity index (χ2n) is 7.29. The molecule has 0 saturated heterocycles. The molecule has 31 heavy (non-hydrogen) atoms. The van der Waals surface area contributed by atoms with Crippen molar-refractivity contribution < 1.29 is 23.9 Å². The second-order valence-corrected chi connectivity index (χ2v) is 7.29. The minimum atomic E-state index is -0.385. The summed E-state index contributed by atoms with van der Waals surface area (Å²) in [5.74, 6) is -0.746. The van der Waals surface area contributed by atoms with E-state index in [1.54, 1.807) is 24.3 Å². The predicted molar refractivity (Wildman–Crippen MR) is 114 cm³/mol. The van der Waals surface area contributed by atoms with Gasteiger partial charge in [-0.1, -0.05) is 18.2 Å². The Kier molecular flexibility index (Phi) is 7.02. The second kappa shape index (κ2) is 9.88. The number of rotatable bonds is 9. The van der Waals surface area contributed by atoms with Gasteiger partial charge >= 0.3 is 0 Å². The molecule has 3 rings (SSSR count). The standard InChI is InChI=1S/C23H25N3O5/c1-15-7-8-17(13-16(15)2)31-14-21(28)25-11-10-24-20(27)9-12-26-22(29)18-5-3-4-6-19(18)23(26)30/h3-8,13H,9-12,14H2,1-2H3,(H,24,27)(H,25,28). The van der Waals surface area contributed by atoms with E-state index in [2.05, 4.69) is 10.6 Å². The molecule has 0 bridgehead atoms. The van der Waals surface area contributed by atoms with Gasteiger partial charge in [0.25, 0.3) is 17.7 Å². The molecule has 0 saturated carbocycles. The highest BCUT2D eigenvalue weighted by atomic mass is 16.5. The van der Waals surface area contributed by atoms with E-state index in [0.717, 1.165) is 16.0 Å². The van der Waals surface area contributed by atoms with Gasteiger partial charge in [-0.3, -0.25) is 24.1 Å². The fourth-order valence-electron chi connectivity index (χ4n) is 3.15. The van der Waals surface area contributed by atoms with Crippen molar-refractivity contribution in [3.63, 3.8) is 0 Å². The molecule has 8 heteroatoms. The van der Waals surface area contributed by atoms with E-state index < -0.39 is 0 Å². The van der Waals surface area contributed by atoms with E-state index in [9.17, 15) is 19.2 Å². The number of carbonyl (C=O) groups excluding carboxylic acids is 4. The fourth-order valence-corrected chi connectivity index (χ4v) is 3.15. The molecule has 0 atom stereocenters. The molecule has 2 aromatic rings. The lowest BCUT2D eigenvalue weighted by Gasteiger charge is -2.13. The number of carbonyl (C=O) groups is 4. The number of benzene rings is 2. The van der Waals surface area contributed by atoms with Crippen molar-refractivity contribution in [1.29, 1.82) is 0 Å². The molecular weight excluding hydrogens is 398 g/mol. The number of hydrogen-bond acceptors (Lipinski definition) is 5. The number of ether oxygens (including phenoxy) is 1. The first-order valence-corrected chi connectivity index (χ1v) is 10.1. The van der Waals surface area contributed by atoms with Crippen molar-refractivity contribution in [3.8, 4) is 5.75 Å². The summed E-state index contributed by atoms with van der Waals surface area (Å²) >= 11 is 0. The average Bonchev–Trinajstić information content (AvgIpc) is 3.00. The van der Waals surface area contributed by atoms with Gasteiger partial charge in [0.1, 0.15) is 5.75 Å². The lowest BCUT2D eigenvalue weighted by atomic mass is 10.1. The predicted octanol–water partition coefficient (Wildman–Crippen LogP) is 1.60. The van der Waals surface area contributed by atoms with Crippen LogP contribution in [0.4, 0.5) is 0 Å². The van der Waals surface area contributed by atoms with Crippen molar-refractivity contribution >= 4 is 23.6 Å². The van der Waals surface area contributed by atoms with Crippen molar-refractivity contribution in [2.45, 2.75) is 20.3 Å². The number of imide groups is 1. The molecule has 1 heterocycles. The Bertz CT molecular complexity index is 983. The molecular formula is C23H25N3O5. The quantitative estimate of drug-likeness (QED) is 0.471. The zero-order valence-corrected chi connectivity index (χ0v) is 17.6. The van der Waals surface area contributed by atoms with Crippen LogP contribution in [0.25, 0.3) is 0 Å². The zero-order chi connectivity index (χ0) is 22.4. The molecule has 2 aromatic carbocycles. The van der Waals surface area contributed by atoms with Crippen LogP contribution in [0.5, 0.6) is 5.75 Å². The largest absolute Gasteiger partial charge is 0.484 e. The maximum atomic E-state index is 12.3. The first-order chi connectivity index (χ1) is 14.9. The van der Waals surface area contributed by atoms with E-state index in [1.807, 2.05) is 32.0 Å². The first-order valence-electron chi connectivity index (χ1n) is 10.1. The van der Waals surface area contributed by atoms with E-state index in [-0.39, 0.29) is 56.3 Å². The van der Waals surface area contributed by atoms with E-state index >= 15 is 0 Å². The van der Waals surface area contributed by atoms with Crippen LogP contribution in [-0.4, -0.2) is 54.8 Å². The van der Waals surface area contributed by atoms with Crippen molar-refractivity contribution in [3.05, 3.63) is 64.7 Å². The third-order valence-corrected chi connectivity index (χ3v) is 5.06. The summed E-state index contributed by atoms with van der Waals surface area (Å²) < 4.78 is 5.46. The average molecular weight is 423 g/mol. The number of fused-ring (bicyclic) bond motifs is 1. The number of hydrogen-bond donors (Lipinski definition) is 2. The highest BCUT2D eigenvalue weighted by Crippen LogP contribution is 2.22. The van der Waals surface area contributed by atoms with Crippen LogP contribution in [0.1, 0.15) is 38.3 Å². The zero-order valence-electron chi connectivity index (χ0n) is 17.6. The summed E-state index contributed by atoms with van der Waals surface area (Å²) in [5.41, 5.74) is 2.95. The van der Waals surface area contributed by atoms with Crippen LogP contribution in [0, 0.1) is 13.8 Å². The van der Waals surface area contributed by atoms with E-state index in [0.29, 0.717) is 16.9 Å². The van der Waals surface area contributed by atoms with Gasteiger partial charge in [0.05, 0.1) is 11.1 Å². The first kappa shape index (κ1) is 22.0. The van der Waals surface area contributed by atoms with E-state index in [4.69, 9.17) is 4.74 Å². The monoisotopic (exact) mass is 423 g/mol. The van der Waals surface area contributed by atoms with Gasteiger partial charge < -0.3 is 15.4 Å². The van der Waals surface area contributed by atoms with Crippen LogP contribution in [0.3, 0.4) is 0 Å². The van der Waals surface area contributed by atoms with Gasteiger partial charge in [0.15, 0.2) is 6.61 Å². The number of nitrogens with one attached hydrogen (secondary N) is 2. The minimum absolute atomic E-state index is 0.00466. The molecule has 8 nitrogen and oxygen atoms in total. The number of amides is 4. The summed E-state index contributed by atoms with van der Waals surface area (Å²) in [6.45, 7) is 4.34. The third kappa shape index (κ3) is 5.48. The highest BCUT2D eigenvalue weighted by molar-refractivity contribution is 6.21. The Hall–Kier alpha value is -3.68. The fraction of sp³-hybridized carbons (Fsp3) is 0.304. The molecule has 0 fully saturated rings. The van der Waals surface area contributed by atoms with Gasteiger partial charge in [0, 0.05) is 26.1 Å². The van der Waals surface area contributed by atoms with Gasteiger partial charge in [-0.25, -0.2) is 0 Å². The van der Waals surface area contributed by atoms with E-state index in [1.165, 1.54) is 0 Å². The third-order valence-electron chi connectivity index (χ3n) is 5.06. The van der Waals surface area contributed by atoms with Crippen LogP contribution in [0.15, 0.2) is 42.5 Å². The highest BCUT2D eigenvalue weighted by Gasteiger charge is 2.34. The minimum Gasteiger partial charge on any atom is -0.484 e. The maximum absolute atomic E-state index is 12.3. The molecule has 0 aliphatic carbocycles. The lowest BCUT2D eigenvalue weighted by molar-refractivity contribution is -0.124. The molecule has 162 valence electrons. The smallest absolute Gasteiger partial charge is 0.261 e.